The Morgan fingerprint density at radius 1 is 0.923 bits per heavy atom. The highest BCUT2D eigenvalue weighted by molar-refractivity contribution is 9.10. The van der Waals surface area contributed by atoms with E-state index < -0.39 is 11.6 Å². The highest BCUT2D eigenvalue weighted by Crippen LogP contribution is 2.45. The SMILES string of the molecule is O=C(Nc1ccccc1)[C@]1(Cc2ccccc2)N=C(c2ccc(OCCCO)cc2)O[C@@H]1c1ccccc1Br. The van der Waals surface area contributed by atoms with E-state index in [4.69, 9.17) is 19.6 Å². The molecule has 0 saturated heterocycles. The number of rotatable bonds is 10. The molecule has 0 fully saturated rings. The summed E-state index contributed by atoms with van der Waals surface area (Å²) in [6.45, 7) is 0.505. The second kappa shape index (κ2) is 12.3. The maximum absolute atomic E-state index is 14.3. The van der Waals surface area contributed by atoms with Crippen molar-refractivity contribution in [2.45, 2.75) is 24.5 Å². The van der Waals surface area contributed by atoms with E-state index in [0.29, 0.717) is 36.8 Å². The molecule has 39 heavy (non-hydrogen) atoms. The summed E-state index contributed by atoms with van der Waals surface area (Å²) >= 11 is 3.68. The zero-order valence-electron chi connectivity index (χ0n) is 21.3. The molecule has 0 spiro atoms. The third-order valence-electron chi connectivity index (χ3n) is 6.57. The molecule has 5 rings (SSSR count). The molecule has 6 nitrogen and oxygen atoms in total. The molecule has 4 aromatic carbocycles. The Morgan fingerprint density at radius 3 is 2.28 bits per heavy atom. The monoisotopic (exact) mass is 584 g/mol. The predicted molar refractivity (Wildman–Crippen MR) is 156 cm³/mol. The smallest absolute Gasteiger partial charge is 0.257 e. The molecule has 1 aliphatic rings. The molecule has 0 aromatic heterocycles. The molecule has 0 saturated carbocycles. The minimum atomic E-state index is -1.29. The Bertz CT molecular complexity index is 1430. The quantitative estimate of drug-likeness (QED) is 0.213. The van der Waals surface area contributed by atoms with Crippen molar-refractivity contribution in [1.29, 1.82) is 0 Å². The molecule has 1 aliphatic heterocycles. The Labute approximate surface area is 236 Å². The maximum Gasteiger partial charge on any atom is 0.257 e. The lowest BCUT2D eigenvalue weighted by Gasteiger charge is -2.31. The van der Waals surface area contributed by atoms with Gasteiger partial charge in [-0.25, -0.2) is 4.99 Å². The lowest BCUT2D eigenvalue weighted by molar-refractivity contribution is -0.123. The second-order valence-corrected chi connectivity index (χ2v) is 10.1. The fraction of sp³-hybridized carbons (Fsp3) is 0.188. The Morgan fingerprint density at radius 2 is 1.59 bits per heavy atom. The molecule has 198 valence electrons. The number of benzene rings is 4. The van der Waals surface area contributed by atoms with Crippen LogP contribution in [0.15, 0.2) is 119 Å². The van der Waals surface area contributed by atoms with Crippen LogP contribution in [0.1, 0.15) is 29.2 Å². The van der Waals surface area contributed by atoms with Gasteiger partial charge in [0.15, 0.2) is 11.6 Å². The molecular formula is C32H29BrN2O4. The minimum absolute atomic E-state index is 0.0771. The van der Waals surface area contributed by atoms with E-state index in [1.165, 1.54) is 0 Å². The summed E-state index contributed by atoms with van der Waals surface area (Å²) in [7, 11) is 0. The van der Waals surface area contributed by atoms with Crippen LogP contribution in [0.2, 0.25) is 0 Å². The van der Waals surface area contributed by atoms with Crippen molar-refractivity contribution in [3.63, 3.8) is 0 Å². The number of carbonyl (C=O) groups excluding carboxylic acids is 1. The fourth-order valence-corrected chi connectivity index (χ4v) is 5.11. The van der Waals surface area contributed by atoms with Gasteiger partial charge in [-0.1, -0.05) is 82.7 Å². The van der Waals surface area contributed by atoms with Gasteiger partial charge in [-0.15, -0.1) is 0 Å². The van der Waals surface area contributed by atoms with Crippen molar-refractivity contribution in [3.8, 4) is 5.75 Å². The van der Waals surface area contributed by atoms with Crippen LogP contribution in [0.5, 0.6) is 5.75 Å². The van der Waals surface area contributed by atoms with Crippen molar-refractivity contribution in [3.05, 3.63) is 130 Å². The van der Waals surface area contributed by atoms with Gasteiger partial charge in [0.1, 0.15) is 5.75 Å². The van der Waals surface area contributed by atoms with Crippen molar-refractivity contribution >= 4 is 33.4 Å². The number of ether oxygens (including phenoxy) is 2. The number of anilines is 1. The van der Waals surface area contributed by atoms with Crippen LogP contribution in [0.4, 0.5) is 5.69 Å². The van der Waals surface area contributed by atoms with E-state index in [0.717, 1.165) is 21.2 Å². The number of hydrogen-bond acceptors (Lipinski definition) is 5. The molecule has 2 atom stereocenters. The van der Waals surface area contributed by atoms with Crippen LogP contribution < -0.4 is 10.1 Å². The molecule has 0 aliphatic carbocycles. The summed E-state index contributed by atoms with van der Waals surface area (Å²) in [6, 6.07) is 34.5. The van der Waals surface area contributed by atoms with Gasteiger partial charge >= 0.3 is 0 Å². The molecule has 0 unspecified atom stereocenters. The van der Waals surface area contributed by atoms with Crippen LogP contribution in [0.25, 0.3) is 0 Å². The zero-order valence-corrected chi connectivity index (χ0v) is 22.9. The summed E-state index contributed by atoms with van der Waals surface area (Å²) in [4.78, 5) is 19.3. The van der Waals surface area contributed by atoms with Crippen LogP contribution in [0.3, 0.4) is 0 Å². The largest absolute Gasteiger partial charge is 0.494 e. The van der Waals surface area contributed by atoms with Crippen molar-refractivity contribution in [2.75, 3.05) is 18.5 Å². The van der Waals surface area contributed by atoms with Gasteiger partial charge in [0, 0.05) is 40.7 Å². The number of nitrogens with one attached hydrogen (secondary N) is 1. The molecule has 0 bridgehead atoms. The lowest BCUT2D eigenvalue weighted by atomic mass is 9.82. The number of amides is 1. The number of carbonyl (C=O) groups is 1. The zero-order chi connectivity index (χ0) is 27.1. The standard InChI is InChI=1S/C32H29BrN2O4/c33-28-15-8-7-14-27(28)29-32(22-23-10-3-1-4-11-23,31(37)34-25-12-5-2-6-13-25)35-30(39-29)24-16-18-26(19-17-24)38-21-9-20-36/h1-8,10-19,29,36H,9,20-22H2,(H,34,37)/t29-,32-/m1/s1. The average molecular weight is 585 g/mol. The van der Waals surface area contributed by atoms with Crippen LogP contribution in [0, 0.1) is 0 Å². The molecule has 7 heteroatoms. The first-order valence-corrected chi connectivity index (χ1v) is 13.6. The molecule has 1 heterocycles. The van der Waals surface area contributed by atoms with Crippen molar-refractivity contribution in [2.24, 2.45) is 4.99 Å². The van der Waals surface area contributed by atoms with Gasteiger partial charge in [-0.3, -0.25) is 4.79 Å². The number of aliphatic imine (C=N–C) groups is 1. The first kappa shape index (κ1) is 26.7. The van der Waals surface area contributed by atoms with Gasteiger partial charge in [0.2, 0.25) is 5.90 Å². The normalized spacial score (nSPS) is 18.2. The predicted octanol–water partition coefficient (Wildman–Crippen LogP) is 6.35. The Balaban J connectivity index is 1.58. The van der Waals surface area contributed by atoms with E-state index in [2.05, 4.69) is 21.2 Å². The van der Waals surface area contributed by atoms with Gasteiger partial charge in [-0.2, -0.15) is 0 Å². The summed E-state index contributed by atoms with van der Waals surface area (Å²) in [6.07, 6.45) is 0.209. The third-order valence-corrected chi connectivity index (χ3v) is 7.29. The summed E-state index contributed by atoms with van der Waals surface area (Å²) in [5.41, 5.74) is 1.95. The third kappa shape index (κ3) is 6.05. The topological polar surface area (TPSA) is 80.2 Å². The number of aliphatic hydroxyl groups excluding tert-OH is 1. The van der Waals surface area contributed by atoms with Gasteiger partial charge in [-0.05, 0) is 48.0 Å². The van der Waals surface area contributed by atoms with E-state index in [9.17, 15) is 4.79 Å². The molecular weight excluding hydrogens is 556 g/mol. The number of hydrogen-bond donors (Lipinski definition) is 2. The van der Waals surface area contributed by atoms with Gasteiger partial charge in [0.05, 0.1) is 6.61 Å². The van der Waals surface area contributed by atoms with Gasteiger partial charge < -0.3 is 19.9 Å². The average Bonchev–Trinajstić information content (AvgIpc) is 3.35. The van der Waals surface area contributed by atoms with Crippen LogP contribution in [-0.4, -0.2) is 35.7 Å². The lowest BCUT2D eigenvalue weighted by Crippen LogP contribution is -2.46. The molecule has 4 aromatic rings. The van der Waals surface area contributed by atoms with E-state index >= 15 is 0 Å². The number of halogens is 1. The highest BCUT2D eigenvalue weighted by atomic mass is 79.9. The Kier molecular flexibility index (Phi) is 8.39. The van der Waals surface area contributed by atoms with Gasteiger partial charge in [0.25, 0.3) is 5.91 Å². The molecule has 0 radical (unpaired) electrons. The minimum Gasteiger partial charge on any atom is -0.494 e. The van der Waals surface area contributed by atoms with Crippen LogP contribution >= 0.6 is 15.9 Å². The van der Waals surface area contributed by atoms with Crippen molar-refractivity contribution < 1.29 is 19.4 Å². The molecule has 1 amide bonds. The van der Waals surface area contributed by atoms with E-state index in [1.54, 1.807) is 0 Å². The number of nitrogens with zero attached hydrogens (tertiary/aromatic N) is 1. The first-order chi connectivity index (χ1) is 19.1. The fourth-order valence-electron chi connectivity index (χ4n) is 4.61. The summed E-state index contributed by atoms with van der Waals surface area (Å²) in [5.74, 6) is 0.819. The summed E-state index contributed by atoms with van der Waals surface area (Å²) < 4.78 is 13.1. The van der Waals surface area contributed by atoms with E-state index in [1.807, 2.05) is 109 Å². The van der Waals surface area contributed by atoms with Crippen LogP contribution in [-0.2, 0) is 16.0 Å². The number of aliphatic hydroxyl groups is 1. The Hall–Kier alpha value is -3.94. The van der Waals surface area contributed by atoms with E-state index in [-0.39, 0.29) is 12.5 Å². The maximum atomic E-state index is 14.3. The summed E-state index contributed by atoms with van der Waals surface area (Å²) in [5, 5.41) is 12.1. The molecule has 2 N–H and O–H groups in total. The highest BCUT2D eigenvalue weighted by Gasteiger charge is 2.53. The first-order valence-electron chi connectivity index (χ1n) is 12.8. The van der Waals surface area contributed by atoms with Crippen molar-refractivity contribution in [1.82, 2.24) is 0 Å². The number of para-hydroxylation sites is 1. The second-order valence-electron chi connectivity index (χ2n) is 9.29.